The minimum atomic E-state index is -0.210. The fourth-order valence-electron chi connectivity index (χ4n) is 2.55. The third-order valence-corrected chi connectivity index (χ3v) is 3.91. The molecule has 0 fully saturated rings. The van der Waals surface area contributed by atoms with Gasteiger partial charge in [0, 0.05) is 30.2 Å². The summed E-state index contributed by atoms with van der Waals surface area (Å²) in [7, 11) is 0. The molecule has 0 radical (unpaired) electrons. The molecule has 5 heteroatoms. The zero-order valence-corrected chi connectivity index (χ0v) is 14.4. The zero-order valence-electron chi connectivity index (χ0n) is 14.4. The lowest BCUT2D eigenvalue weighted by molar-refractivity contribution is 0.0950. The van der Waals surface area contributed by atoms with E-state index in [1.54, 1.807) is 24.4 Å². The summed E-state index contributed by atoms with van der Waals surface area (Å²) in [4.78, 5) is 28.6. The van der Waals surface area contributed by atoms with E-state index < -0.39 is 0 Å². The van der Waals surface area contributed by atoms with Gasteiger partial charge in [-0.05, 0) is 42.8 Å². The summed E-state index contributed by atoms with van der Waals surface area (Å²) in [5, 5.41) is 5.76. The van der Waals surface area contributed by atoms with E-state index in [9.17, 15) is 9.59 Å². The predicted octanol–water partition coefficient (Wildman–Crippen LogP) is 3.57. The lowest BCUT2D eigenvalue weighted by Gasteiger charge is -2.12. The minimum Gasteiger partial charge on any atom is -0.348 e. The van der Waals surface area contributed by atoms with Crippen LogP contribution in [-0.2, 0) is 6.54 Å². The normalized spacial score (nSPS) is 10.2. The van der Waals surface area contributed by atoms with E-state index in [1.807, 2.05) is 49.4 Å². The van der Waals surface area contributed by atoms with Crippen LogP contribution in [0.25, 0.3) is 0 Å². The van der Waals surface area contributed by atoms with Crippen molar-refractivity contribution < 1.29 is 9.59 Å². The molecule has 0 aliphatic carbocycles. The van der Waals surface area contributed by atoms with E-state index in [1.165, 1.54) is 6.20 Å². The zero-order chi connectivity index (χ0) is 18.4. The smallest absolute Gasteiger partial charge is 0.255 e. The van der Waals surface area contributed by atoms with Gasteiger partial charge < -0.3 is 10.6 Å². The van der Waals surface area contributed by atoms with E-state index in [4.69, 9.17) is 0 Å². The number of para-hydroxylation sites is 1. The lowest BCUT2D eigenvalue weighted by atomic mass is 10.1. The molecule has 0 unspecified atom stereocenters. The molecule has 0 saturated carbocycles. The number of benzene rings is 2. The van der Waals surface area contributed by atoms with Gasteiger partial charge in [0.25, 0.3) is 11.8 Å². The highest BCUT2D eigenvalue weighted by Crippen LogP contribution is 2.17. The Morgan fingerprint density at radius 1 is 0.923 bits per heavy atom. The maximum Gasteiger partial charge on any atom is 0.255 e. The van der Waals surface area contributed by atoms with Gasteiger partial charge in [-0.2, -0.15) is 0 Å². The molecule has 0 spiro atoms. The van der Waals surface area contributed by atoms with Crippen LogP contribution in [0.15, 0.2) is 73.1 Å². The average molecular weight is 345 g/mol. The number of hydrogen-bond acceptors (Lipinski definition) is 3. The highest BCUT2D eigenvalue weighted by molar-refractivity contribution is 6.04. The Bertz CT molecular complexity index is 923. The lowest BCUT2D eigenvalue weighted by Crippen LogP contribution is -2.24. The van der Waals surface area contributed by atoms with Crippen molar-refractivity contribution in [2.45, 2.75) is 13.5 Å². The molecule has 3 rings (SSSR count). The van der Waals surface area contributed by atoms with E-state index >= 15 is 0 Å². The molecule has 26 heavy (non-hydrogen) atoms. The third-order valence-electron chi connectivity index (χ3n) is 3.91. The first-order valence-corrected chi connectivity index (χ1v) is 8.27. The molecule has 3 aromatic rings. The number of aromatic nitrogens is 1. The van der Waals surface area contributed by atoms with Gasteiger partial charge in [-0.15, -0.1) is 0 Å². The predicted molar refractivity (Wildman–Crippen MR) is 101 cm³/mol. The van der Waals surface area contributed by atoms with E-state index in [-0.39, 0.29) is 11.8 Å². The van der Waals surface area contributed by atoms with Crippen molar-refractivity contribution in [2.24, 2.45) is 0 Å². The average Bonchev–Trinajstić information content (AvgIpc) is 2.67. The standard InChI is InChI=1S/C21H19N3O2/c1-15-6-4-8-16(12-15)21(26)24-19-10-3-2-7-17(19)14-23-20(25)18-9-5-11-22-13-18/h2-13H,14H2,1H3,(H,23,25)(H,24,26). The number of carbonyl (C=O) groups excluding carboxylic acids is 2. The number of pyridine rings is 1. The van der Waals surface area contributed by atoms with Crippen LogP contribution in [0.3, 0.4) is 0 Å². The molecule has 130 valence electrons. The Morgan fingerprint density at radius 3 is 2.50 bits per heavy atom. The van der Waals surface area contributed by atoms with E-state index in [2.05, 4.69) is 15.6 Å². The molecule has 2 amide bonds. The first-order valence-electron chi connectivity index (χ1n) is 8.27. The maximum atomic E-state index is 12.5. The summed E-state index contributed by atoms with van der Waals surface area (Å²) < 4.78 is 0. The van der Waals surface area contributed by atoms with Crippen molar-refractivity contribution in [3.63, 3.8) is 0 Å². The van der Waals surface area contributed by atoms with Crippen molar-refractivity contribution in [3.05, 3.63) is 95.3 Å². The highest BCUT2D eigenvalue weighted by atomic mass is 16.2. The quantitative estimate of drug-likeness (QED) is 0.742. The molecule has 1 heterocycles. The third kappa shape index (κ3) is 4.33. The van der Waals surface area contributed by atoms with Crippen LogP contribution >= 0.6 is 0 Å². The number of nitrogens with one attached hydrogen (secondary N) is 2. The minimum absolute atomic E-state index is 0.181. The molecule has 1 aromatic heterocycles. The second-order valence-corrected chi connectivity index (χ2v) is 5.91. The van der Waals surface area contributed by atoms with Gasteiger partial charge in [-0.3, -0.25) is 14.6 Å². The maximum absolute atomic E-state index is 12.5. The summed E-state index contributed by atoms with van der Waals surface area (Å²) in [5.41, 5.74) is 3.61. The summed E-state index contributed by atoms with van der Waals surface area (Å²) in [6.45, 7) is 2.25. The van der Waals surface area contributed by atoms with Gasteiger partial charge >= 0.3 is 0 Å². The second kappa shape index (κ2) is 8.07. The molecule has 0 saturated heterocycles. The SMILES string of the molecule is Cc1cccc(C(=O)Nc2ccccc2CNC(=O)c2cccnc2)c1. The van der Waals surface area contributed by atoms with Gasteiger partial charge in [-0.25, -0.2) is 0 Å². The molecule has 0 aliphatic heterocycles. The number of hydrogen-bond donors (Lipinski definition) is 2. The molecule has 5 nitrogen and oxygen atoms in total. The molecular weight excluding hydrogens is 326 g/mol. The van der Waals surface area contributed by atoms with Crippen LogP contribution in [0.1, 0.15) is 31.8 Å². The molecule has 2 aromatic carbocycles. The topological polar surface area (TPSA) is 71.1 Å². The van der Waals surface area contributed by atoms with Crippen LogP contribution < -0.4 is 10.6 Å². The summed E-state index contributed by atoms with van der Waals surface area (Å²) in [6, 6.07) is 18.2. The Kier molecular flexibility index (Phi) is 5.39. The number of carbonyl (C=O) groups is 2. The first kappa shape index (κ1) is 17.4. The van der Waals surface area contributed by atoms with Crippen molar-refractivity contribution in [1.82, 2.24) is 10.3 Å². The van der Waals surface area contributed by atoms with Gasteiger partial charge in [0.2, 0.25) is 0 Å². The first-order chi connectivity index (χ1) is 12.6. The summed E-state index contributed by atoms with van der Waals surface area (Å²) in [5.74, 6) is -0.391. The van der Waals surface area contributed by atoms with Crippen molar-refractivity contribution in [3.8, 4) is 0 Å². The fourth-order valence-corrected chi connectivity index (χ4v) is 2.55. The number of amides is 2. The fraction of sp³-hybridized carbons (Fsp3) is 0.0952. The van der Waals surface area contributed by atoms with E-state index in [0.717, 1.165) is 11.1 Å². The monoisotopic (exact) mass is 345 g/mol. The van der Waals surface area contributed by atoms with Crippen LogP contribution in [0.4, 0.5) is 5.69 Å². The summed E-state index contributed by atoms with van der Waals surface area (Å²) in [6.07, 6.45) is 3.13. The Morgan fingerprint density at radius 2 is 1.73 bits per heavy atom. The number of anilines is 1. The molecular formula is C21H19N3O2. The molecule has 0 aliphatic rings. The van der Waals surface area contributed by atoms with E-state index in [0.29, 0.717) is 23.4 Å². The van der Waals surface area contributed by atoms with Crippen LogP contribution in [-0.4, -0.2) is 16.8 Å². The Labute approximate surface area is 152 Å². The molecule has 0 atom stereocenters. The Balaban J connectivity index is 1.70. The number of aryl methyl sites for hydroxylation is 1. The number of rotatable bonds is 5. The van der Waals surface area contributed by atoms with Crippen molar-refractivity contribution in [1.29, 1.82) is 0 Å². The molecule has 2 N–H and O–H groups in total. The van der Waals surface area contributed by atoms with Crippen LogP contribution in [0.2, 0.25) is 0 Å². The van der Waals surface area contributed by atoms with Gasteiger partial charge in [0.1, 0.15) is 0 Å². The molecule has 0 bridgehead atoms. The van der Waals surface area contributed by atoms with Crippen molar-refractivity contribution in [2.75, 3.05) is 5.32 Å². The van der Waals surface area contributed by atoms with Gasteiger partial charge in [0.05, 0.1) is 5.56 Å². The van der Waals surface area contributed by atoms with Crippen LogP contribution in [0.5, 0.6) is 0 Å². The van der Waals surface area contributed by atoms with Crippen LogP contribution in [0, 0.1) is 6.92 Å². The second-order valence-electron chi connectivity index (χ2n) is 5.91. The largest absolute Gasteiger partial charge is 0.348 e. The van der Waals surface area contributed by atoms with Gasteiger partial charge in [-0.1, -0.05) is 35.9 Å². The Hall–Kier alpha value is -3.47. The highest BCUT2D eigenvalue weighted by Gasteiger charge is 2.10. The number of nitrogens with zero attached hydrogens (tertiary/aromatic N) is 1. The summed E-state index contributed by atoms with van der Waals surface area (Å²) >= 11 is 0. The van der Waals surface area contributed by atoms with Crippen molar-refractivity contribution >= 4 is 17.5 Å². The van der Waals surface area contributed by atoms with Gasteiger partial charge in [0.15, 0.2) is 0 Å².